The molecule has 144 valence electrons. The third kappa shape index (κ3) is 6.02. The van der Waals surface area contributed by atoms with Crippen LogP contribution in [0.4, 0.5) is 0 Å². The highest BCUT2D eigenvalue weighted by Crippen LogP contribution is 2.28. The standard InChI is InChI=1S/C21H26N2O4/c1-5-26-18-8-6-7-15(20(18)25)13-22-23-19(24)14-27-17-11-9-16(10-12-17)21(2,3)4/h6-13,25H,5,14H2,1-4H3,(H,23,24). The second-order valence-electron chi connectivity index (χ2n) is 6.98. The predicted molar refractivity (Wildman–Crippen MR) is 106 cm³/mol. The van der Waals surface area contributed by atoms with Gasteiger partial charge in [-0.3, -0.25) is 4.79 Å². The zero-order valence-corrected chi connectivity index (χ0v) is 16.2. The second kappa shape index (κ2) is 9.07. The highest BCUT2D eigenvalue weighted by molar-refractivity contribution is 5.86. The maximum atomic E-state index is 11.9. The minimum atomic E-state index is -0.397. The van der Waals surface area contributed by atoms with E-state index in [4.69, 9.17) is 9.47 Å². The monoisotopic (exact) mass is 370 g/mol. The maximum Gasteiger partial charge on any atom is 0.277 e. The lowest BCUT2D eigenvalue weighted by Gasteiger charge is -2.19. The number of para-hydroxylation sites is 1. The van der Waals surface area contributed by atoms with Gasteiger partial charge in [0.25, 0.3) is 5.91 Å². The molecule has 0 fully saturated rings. The molecule has 0 aliphatic carbocycles. The third-order valence-electron chi connectivity index (χ3n) is 3.81. The van der Waals surface area contributed by atoms with Crippen LogP contribution in [0.25, 0.3) is 0 Å². The summed E-state index contributed by atoms with van der Waals surface area (Å²) in [6.07, 6.45) is 1.36. The molecule has 0 spiro atoms. The lowest BCUT2D eigenvalue weighted by molar-refractivity contribution is -0.123. The molecule has 27 heavy (non-hydrogen) atoms. The van der Waals surface area contributed by atoms with Gasteiger partial charge in [0.1, 0.15) is 5.75 Å². The van der Waals surface area contributed by atoms with Gasteiger partial charge in [-0.05, 0) is 42.2 Å². The Bertz CT molecular complexity index is 793. The zero-order valence-electron chi connectivity index (χ0n) is 16.2. The van der Waals surface area contributed by atoms with Gasteiger partial charge in [-0.2, -0.15) is 5.10 Å². The minimum Gasteiger partial charge on any atom is -0.504 e. The van der Waals surface area contributed by atoms with E-state index in [1.165, 1.54) is 11.8 Å². The smallest absolute Gasteiger partial charge is 0.277 e. The fraction of sp³-hybridized carbons (Fsp3) is 0.333. The Morgan fingerprint density at radius 3 is 2.48 bits per heavy atom. The Balaban J connectivity index is 1.86. The normalized spacial score (nSPS) is 11.4. The molecule has 0 bridgehead atoms. The molecule has 0 radical (unpaired) electrons. The van der Waals surface area contributed by atoms with Gasteiger partial charge >= 0.3 is 0 Å². The van der Waals surface area contributed by atoms with Gasteiger partial charge in [0.15, 0.2) is 18.1 Å². The molecule has 2 N–H and O–H groups in total. The molecule has 0 aliphatic heterocycles. The number of nitrogens with zero attached hydrogens (tertiary/aromatic N) is 1. The molecule has 0 aromatic heterocycles. The number of benzene rings is 2. The summed E-state index contributed by atoms with van der Waals surface area (Å²) in [6.45, 7) is 8.52. The van der Waals surface area contributed by atoms with Gasteiger partial charge in [0.05, 0.1) is 12.8 Å². The summed E-state index contributed by atoms with van der Waals surface area (Å²) in [4.78, 5) is 11.9. The van der Waals surface area contributed by atoms with Crippen LogP contribution in [0.5, 0.6) is 17.2 Å². The first-order valence-corrected chi connectivity index (χ1v) is 8.81. The van der Waals surface area contributed by atoms with E-state index in [9.17, 15) is 9.90 Å². The Kier molecular flexibility index (Phi) is 6.82. The first-order valence-electron chi connectivity index (χ1n) is 8.81. The van der Waals surface area contributed by atoms with E-state index >= 15 is 0 Å². The van der Waals surface area contributed by atoms with Crippen LogP contribution in [0.1, 0.15) is 38.8 Å². The number of nitrogens with one attached hydrogen (secondary N) is 1. The highest BCUT2D eigenvalue weighted by Gasteiger charge is 2.13. The SMILES string of the molecule is CCOc1cccc(C=NNC(=O)COc2ccc(C(C)(C)C)cc2)c1O. The highest BCUT2D eigenvalue weighted by atomic mass is 16.5. The number of rotatable bonds is 7. The summed E-state index contributed by atoms with van der Waals surface area (Å²) in [6, 6.07) is 12.7. The van der Waals surface area contributed by atoms with E-state index in [1.807, 2.05) is 31.2 Å². The molecule has 2 rings (SSSR count). The topological polar surface area (TPSA) is 80.2 Å². The summed E-state index contributed by atoms with van der Waals surface area (Å²) in [7, 11) is 0. The second-order valence-corrected chi connectivity index (χ2v) is 6.98. The van der Waals surface area contributed by atoms with Crippen LogP contribution in [0, 0.1) is 0 Å². The van der Waals surface area contributed by atoms with Crippen LogP contribution >= 0.6 is 0 Å². The van der Waals surface area contributed by atoms with Crippen molar-refractivity contribution in [3.63, 3.8) is 0 Å². The zero-order chi connectivity index (χ0) is 19.9. The van der Waals surface area contributed by atoms with Gasteiger partial charge in [0.2, 0.25) is 0 Å². The number of hydrazone groups is 1. The molecule has 2 aromatic rings. The van der Waals surface area contributed by atoms with E-state index in [2.05, 4.69) is 31.3 Å². The fourth-order valence-electron chi connectivity index (χ4n) is 2.32. The summed E-state index contributed by atoms with van der Waals surface area (Å²) in [5.74, 6) is 0.568. The number of hydrogen-bond acceptors (Lipinski definition) is 5. The molecular weight excluding hydrogens is 344 g/mol. The number of carbonyl (C=O) groups is 1. The Morgan fingerprint density at radius 1 is 1.15 bits per heavy atom. The number of amides is 1. The molecule has 6 heteroatoms. The molecule has 0 unspecified atom stereocenters. The van der Waals surface area contributed by atoms with Crippen molar-refractivity contribution in [1.82, 2.24) is 5.43 Å². The molecule has 0 saturated carbocycles. The van der Waals surface area contributed by atoms with Crippen molar-refractivity contribution < 1.29 is 19.4 Å². The number of aromatic hydroxyl groups is 1. The van der Waals surface area contributed by atoms with Gasteiger partial charge in [0, 0.05) is 5.56 Å². The average molecular weight is 370 g/mol. The summed E-state index contributed by atoms with van der Waals surface area (Å²) >= 11 is 0. The fourth-order valence-corrected chi connectivity index (χ4v) is 2.32. The average Bonchev–Trinajstić information content (AvgIpc) is 2.63. The van der Waals surface area contributed by atoms with Crippen molar-refractivity contribution in [2.24, 2.45) is 5.10 Å². The van der Waals surface area contributed by atoms with Crippen molar-refractivity contribution in [3.05, 3.63) is 53.6 Å². The van der Waals surface area contributed by atoms with Crippen molar-refractivity contribution in [3.8, 4) is 17.2 Å². The van der Waals surface area contributed by atoms with Gasteiger partial charge in [-0.1, -0.05) is 39.0 Å². The number of ether oxygens (including phenoxy) is 2. The van der Waals surface area contributed by atoms with E-state index in [1.54, 1.807) is 18.2 Å². The number of phenols is 1. The summed E-state index contributed by atoms with van der Waals surface area (Å²) in [5, 5.41) is 13.9. The number of hydrogen-bond donors (Lipinski definition) is 2. The van der Waals surface area contributed by atoms with Crippen LogP contribution in [0.2, 0.25) is 0 Å². The van der Waals surface area contributed by atoms with Crippen molar-refractivity contribution in [1.29, 1.82) is 0 Å². The van der Waals surface area contributed by atoms with Crippen molar-refractivity contribution in [2.45, 2.75) is 33.1 Å². The van der Waals surface area contributed by atoms with Gasteiger partial charge < -0.3 is 14.6 Å². The molecule has 1 amide bonds. The predicted octanol–water partition coefficient (Wildman–Crippen LogP) is 3.62. The molecule has 0 saturated heterocycles. The van der Waals surface area contributed by atoms with Crippen LogP contribution < -0.4 is 14.9 Å². The lowest BCUT2D eigenvalue weighted by Crippen LogP contribution is -2.24. The molecule has 2 aromatic carbocycles. The molecule has 0 atom stereocenters. The van der Waals surface area contributed by atoms with Crippen molar-refractivity contribution in [2.75, 3.05) is 13.2 Å². The van der Waals surface area contributed by atoms with E-state index in [0.717, 1.165) is 0 Å². The van der Waals surface area contributed by atoms with Crippen LogP contribution in [0.15, 0.2) is 47.6 Å². The quantitative estimate of drug-likeness (QED) is 0.576. The van der Waals surface area contributed by atoms with Crippen LogP contribution in [-0.4, -0.2) is 30.4 Å². The number of phenolic OH excluding ortho intramolecular Hbond substituents is 1. The van der Waals surface area contributed by atoms with Crippen molar-refractivity contribution >= 4 is 12.1 Å². The maximum absolute atomic E-state index is 11.9. The Labute approximate surface area is 159 Å². The van der Waals surface area contributed by atoms with Crippen LogP contribution in [0.3, 0.4) is 0 Å². The molecule has 6 nitrogen and oxygen atoms in total. The van der Waals surface area contributed by atoms with Crippen LogP contribution in [-0.2, 0) is 10.2 Å². The summed E-state index contributed by atoms with van der Waals surface area (Å²) < 4.78 is 10.8. The van der Waals surface area contributed by atoms with Gasteiger partial charge in [-0.25, -0.2) is 5.43 Å². The minimum absolute atomic E-state index is 0.0208. The van der Waals surface area contributed by atoms with E-state index in [0.29, 0.717) is 23.7 Å². The first kappa shape index (κ1) is 20.3. The third-order valence-corrected chi connectivity index (χ3v) is 3.81. The molecular formula is C21H26N2O4. The van der Waals surface area contributed by atoms with Gasteiger partial charge in [-0.15, -0.1) is 0 Å². The number of carbonyl (C=O) groups excluding carboxylic acids is 1. The largest absolute Gasteiger partial charge is 0.504 e. The molecule has 0 aliphatic rings. The lowest BCUT2D eigenvalue weighted by atomic mass is 9.87. The van der Waals surface area contributed by atoms with E-state index < -0.39 is 5.91 Å². The first-order chi connectivity index (χ1) is 12.8. The summed E-state index contributed by atoms with van der Waals surface area (Å²) in [5.41, 5.74) is 4.07. The molecule has 0 heterocycles. The Morgan fingerprint density at radius 2 is 1.85 bits per heavy atom. The Hall–Kier alpha value is -3.02. The van der Waals surface area contributed by atoms with E-state index in [-0.39, 0.29) is 17.8 Å².